The van der Waals surface area contributed by atoms with Crippen LogP contribution in [0.4, 0.5) is 11.5 Å². The van der Waals surface area contributed by atoms with Gasteiger partial charge in [0.25, 0.3) is 0 Å². The van der Waals surface area contributed by atoms with Gasteiger partial charge >= 0.3 is 5.69 Å². The highest BCUT2D eigenvalue weighted by atomic mass is 16.6. The van der Waals surface area contributed by atoms with E-state index in [-0.39, 0.29) is 10.6 Å². The van der Waals surface area contributed by atoms with Crippen LogP contribution >= 0.6 is 0 Å². The molecule has 0 saturated carbocycles. The molecular weight excluding hydrogens is 282 g/mol. The predicted octanol–water partition coefficient (Wildman–Crippen LogP) is 2.43. The maximum atomic E-state index is 11.3. The molecule has 3 rings (SSSR count). The molecule has 2 aromatic heterocycles. The van der Waals surface area contributed by atoms with Crippen molar-refractivity contribution >= 4 is 17.0 Å². The number of anilines is 1. The second-order valence-electron chi connectivity index (χ2n) is 5.24. The lowest BCUT2D eigenvalue weighted by atomic mass is 10.1. The summed E-state index contributed by atoms with van der Waals surface area (Å²) in [6, 6.07) is 5.26. The summed E-state index contributed by atoms with van der Waals surface area (Å²) in [6.07, 6.45) is 8.63. The minimum absolute atomic E-state index is 0.0234. The Hall–Kier alpha value is -2.83. The average Bonchev–Trinajstić information content (AvgIpc) is 2.85. The third-order valence-corrected chi connectivity index (χ3v) is 3.56. The van der Waals surface area contributed by atoms with Gasteiger partial charge in [-0.05, 0) is 36.4 Å². The molecule has 7 heteroatoms. The van der Waals surface area contributed by atoms with Gasteiger partial charge in [-0.3, -0.25) is 10.1 Å². The number of likely N-dealkylation sites (N-methyl/N-ethyl adjacent to an activating group) is 1. The van der Waals surface area contributed by atoms with Gasteiger partial charge in [0, 0.05) is 26.3 Å². The van der Waals surface area contributed by atoms with Crippen LogP contribution in [0, 0.1) is 10.1 Å². The first-order valence-corrected chi connectivity index (χ1v) is 7.07. The lowest BCUT2D eigenvalue weighted by Gasteiger charge is -2.19. The number of allylic oxidation sites excluding steroid dienone is 2. The standard InChI is InChI=1S/C15H17N5O2/c1-18-9-4-5-12(11-18)7-8-16-15-14(20(21)22)13-6-2-3-10-19(13)17-15/h2-6,9-10H,7-8,11H2,1H3,(H,16,17). The molecule has 0 spiro atoms. The van der Waals surface area contributed by atoms with Gasteiger partial charge in [0.2, 0.25) is 5.82 Å². The SMILES string of the molecule is CN1C=CC=C(CCNc2nn3ccccc3c2[N+](=O)[O-])C1. The van der Waals surface area contributed by atoms with Crippen LogP contribution in [0.15, 0.2) is 48.3 Å². The molecule has 3 heterocycles. The molecule has 1 N–H and O–H groups in total. The minimum Gasteiger partial charge on any atom is -0.376 e. The average molecular weight is 299 g/mol. The molecule has 0 atom stereocenters. The second-order valence-corrected chi connectivity index (χ2v) is 5.24. The molecule has 0 saturated heterocycles. The number of rotatable bonds is 5. The molecule has 1 aliphatic heterocycles. The highest BCUT2D eigenvalue weighted by Crippen LogP contribution is 2.28. The molecule has 0 bridgehead atoms. The fourth-order valence-electron chi connectivity index (χ4n) is 2.54. The highest BCUT2D eigenvalue weighted by molar-refractivity contribution is 5.76. The Morgan fingerprint density at radius 2 is 2.32 bits per heavy atom. The van der Waals surface area contributed by atoms with E-state index < -0.39 is 0 Å². The Labute approximate surface area is 127 Å². The number of hydrogen-bond acceptors (Lipinski definition) is 5. The predicted molar refractivity (Wildman–Crippen MR) is 84.8 cm³/mol. The monoisotopic (exact) mass is 299 g/mol. The summed E-state index contributed by atoms with van der Waals surface area (Å²) in [5.74, 6) is 0.316. The Kier molecular flexibility index (Phi) is 3.78. The normalized spacial score (nSPS) is 14.2. The van der Waals surface area contributed by atoms with Crippen molar-refractivity contribution in [1.82, 2.24) is 14.5 Å². The van der Waals surface area contributed by atoms with Crippen LogP contribution in [0.5, 0.6) is 0 Å². The smallest absolute Gasteiger partial charge is 0.338 e. The molecule has 0 radical (unpaired) electrons. The van der Waals surface area contributed by atoms with Crippen LogP contribution in [0.1, 0.15) is 6.42 Å². The Morgan fingerprint density at radius 3 is 3.09 bits per heavy atom. The number of hydrogen-bond donors (Lipinski definition) is 1. The van der Waals surface area contributed by atoms with Gasteiger partial charge in [0.1, 0.15) is 5.52 Å². The van der Waals surface area contributed by atoms with E-state index in [1.165, 1.54) is 10.1 Å². The van der Waals surface area contributed by atoms with E-state index in [9.17, 15) is 10.1 Å². The summed E-state index contributed by atoms with van der Waals surface area (Å²) < 4.78 is 1.52. The van der Waals surface area contributed by atoms with Crippen LogP contribution in [0.3, 0.4) is 0 Å². The summed E-state index contributed by atoms with van der Waals surface area (Å²) in [6.45, 7) is 1.49. The number of nitrogens with zero attached hydrogens (tertiary/aromatic N) is 4. The number of pyridine rings is 1. The van der Waals surface area contributed by atoms with Gasteiger partial charge in [0.05, 0.1) is 4.92 Å². The molecule has 114 valence electrons. The van der Waals surface area contributed by atoms with Crippen molar-refractivity contribution in [3.05, 3.63) is 58.4 Å². The molecule has 0 amide bonds. The van der Waals surface area contributed by atoms with Crippen molar-refractivity contribution in [3.8, 4) is 0 Å². The van der Waals surface area contributed by atoms with Crippen molar-refractivity contribution in [1.29, 1.82) is 0 Å². The Bertz CT molecular complexity index is 762. The minimum atomic E-state index is -0.388. The van der Waals surface area contributed by atoms with Crippen LogP contribution < -0.4 is 5.32 Å². The van der Waals surface area contributed by atoms with E-state index in [4.69, 9.17) is 0 Å². The van der Waals surface area contributed by atoms with Crippen molar-refractivity contribution in [2.75, 3.05) is 25.5 Å². The van der Waals surface area contributed by atoms with Gasteiger partial charge in [-0.15, -0.1) is 5.10 Å². The molecule has 0 aliphatic carbocycles. The molecule has 1 aliphatic rings. The van der Waals surface area contributed by atoms with E-state index >= 15 is 0 Å². The Morgan fingerprint density at radius 1 is 1.45 bits per heavy atom. The zero-order valence-corrected chi connectivity index (χ0v) is 12.3. The van der Waals surface area contributed by atoms with Gasteiger partial charge in [-0.2, -0.15) is 0 Å². The summed E-state index contributed by atoms with van der Waals surface area (Å²) in [4.78, 5) is 13.0. The summed E-state index contributed by atoms with van der Waals surface area (Å²) >= 11 is 0. The van der Waals surface area contributed by atoms with Crippen LogP contribution in [-0.2, 0) is 0 Å². The van der Waals surface area contributed by atoms with E-state index in [0.29, 0.717) is 17.9 Å². The molecule has 0 fully saturated rings. The maximum Gasteiger partial charge on any atom is 0.338 e. The first kappa shape index (κ1) is 14.1. The van der Waals surface area contributed by atoms with E-state index in [0.717, 1.165) is 13.0 Å². The third kappa shape index (κ3) is 2.78. The quantitative estimate of drug-likeness (QED) is 0.678. The third-order valence-electron chi connectivity index (χ3n) is 3.56. The number of fused-ring (bicyclic) bond motifs is 1. The van der Waals surface area contributed by atoms with Crippen LogP contribution in [0.2, 0.25) is 0 Å². The van der Waals surface area contributed by atoms with Crippen LogP contribution in [0.25, 0.3) is 5.52 Å². The zero-order chi connectivity index (χ0) is 15.5. The lowest BCUT2D eigenvalue weighted by Crippen LogP contribution is -2.18. The summed E-state index contributed by atoms with van der Waals surface area (Å²) in [7, 11) is 2.02. The topological polar surface area (TPSA) is 75.7 Å². The molecule has 0 aromatic carbocycles. The van der Waals surface area contributed by atoms with Crippen molar-refractivity contribution in [3.63, 3.8) is 0 Å². The molecular formula is C15H17N5O2. The molecule has 0 unspecified atom stereocenters. The van der Waals surface area contributed by atoms with Crippen molar-refractivity contribution < 1.29 is 4.92 Å². The highest BCUT2D eigenvalue weighted by Gasteiger charge is 2.22. The van der Waals surface area contributed by atoms with Crippen molar-refractivity contribution in [2.24, 2.45) is 0 Å². The first-order chi connectivity index (χ1) is 10.6. The Balaban J connectivity index is 1.74. The molecule has 2 aromatic rings. The molecule has 7 nitrogen and oxygen atoms in total. The maximum absolute atomic E-state index is 11.3. The fourth-order valence-corrected chi connectivity index (χ4v) is 2.54. The number of nitrogens with one attached hydrogen (secondary N) is 1. The summed E-state index contributed by atoms with van der Waals surface area (Å²) in [5.41, 5.74) is 1.80. The van der Waals surface area contributed by atoms with Crippen LogP contribution in [-0.4, -0.2) is 39.6 Å². The van der Waals surface area contributed by atoms with Crippen molar-refractivity contribution in [2.45, 2.75) is 6.42 Å². The van der Waals surface area contributed by atoms with Gasteiger partial charge in [-0.25, -0.2) is 4.52 Å². The van der Waals surface area contributed by atoms with E-state index in [1.54, 1.807) is 24.4 Å². The lowest BCUT2D eigenvalue weighted by molar-refractivity contribution is -0.382. The zero-order valence-electron chi connectivity index (χ0n) is 12.3. The van der Waals surface area contributed by atoms with Gasteiger partial charge in [0.15, 0.2) is 0 Å². The van der Waals surface area contributed by atoms with Gasteiger partial charge in [-0.1, -0.05) is 12.1 Å². The number of aromatic nitrogens is 2. The van der Waals surface area contributed by atoms with E-state index in [1.807, 2.05) is 19.3 Å². The van der Waals surface area contributed by atoms with E-state index in [2.05, 4.69) is 21.4 Å². The molecule has 22 heavy (non-hydrogen) atoms. The first-order valence-electron chi connectivity index (χ1n) is 7.07. The van der Waals surface area contributed by atoms with Gasteiger partial charge < -0.3 is 10.2 Å². The fraction of sp³-hybridized carbons (Fsp3) is 0.267. The largest absolute Gasteiger partial charge is 0.376 e. The summed E-state index contributed by atoms with van der Waals surface area (Å²) in [5, 5.41) is 18.6. The second kappa shape index (κ2) is 5.88. The number of nitro groups is 1.